The molecule has 164 valence electrons. The number of benzene rings is 2. The summed E-state index contributed by atoms with van der Waals surface area (Å²) < 4.78 is 33.4. The van der Waals surface area contributed by atoms with Gasteiger partial charge in [0, 0.05) is 18.3 Å². The summed E-state index contributed by atoms with van der Waals surface area (Å²) in [6, 6.07) is 10.6. The Morgan fingerprint density at radius 1 is 1.13 bits per heavy atom. The van der Waals surface area contributed by atoms with Crippen LogP contribution in [-0.2, 0) is 16.7 Å². The molecule has 0 saturated heterocycles. The van der Waals surface area contributed by atoms with E-state index in [1.165, 1.54) is 7.11 Å². The zero-order chi connectivity index (χ0) is 22.5. The zero-order valence-electron chi connectivity index (χ0n) is 18.4. The van der Waals surface area contributed by atoms with Gasteiger partial charge in [0.15, 0.2) is 11.5 Å². The Morgan fingerprint density at radius 2 is 1.77 bits per heavy atom. The molecule has 2 amide bonds. The van der Waals surface area contributed by atoms with Crippen LogP contribution in [0.4, 0.5) is 10.5 Å². The van der Waals surface area contributed by atoms with Crippen LogP contribution in [0.15, 0.2) is 36.4 Å². The summed E-state index contributed by atoms with van der Waals surface area (Å²) in [4.78, 5) is 14.8. The lowest BCUT2D eigenvalue weighted by Gasteiger charge is -2.29. The van der Waals surface area contributed by atoms with Gasteiger partial charge in [-0.3, -0.25) is 0 Å². The van der Waals surface area contributed by atoms with Gasteiger partial charge in [0.25, 0.3) is 0 Å². The lowest BCUT2D eigenvalue weighted by molar-refractivity contribution is 0.187. The van der Waals surface area contributed by atoms with Gasteiger partial charge in [-0.2, -0.15) is 8.42 Å². The molecule has 8 heteroatoms. The van der Waals surface area contributed by atoms with Crippen molar-refractivity contribution in [2.45, 2.75) is 46.7 Å². The summed E-state index contributed by atoms with van der Waals surface area (Å²) in [7, 11) is -2.28. The van der Waals surface area contributed by atoms with E-state index in [4.69, 9.17) is 8.92 Å². The second-order valence-corrected chi connectivity index (χ2v) is 8.93. The maximum atomic E-state index is 13.1. The van der Waals surface area contributed by atoms with Crippen molar-refractivity contribution in [1.29, 1.82) is 0 Å². The Kier molecular flexibility index (Phi) is 7.72. The number of nitrogens with one attached hydrogen (secondary N) is 1. The Hall–Kier alpha value is -2.74. The molecule has 1 N–H and O–H groups in total. The molecule has 0 fully saturated rings. The molecule has 0 heterocycles. The fraction of sp³-hybridized carbons (Fsp3) is 0.409. The van der Waals surface area contributed by atoms with Crippen molar-refractivity contribution in [3.8, 4) is 11.5 Å². The smallest absolute Gasteiger partial charge is 0.322 e. The van der Waals surface area contributed by atoms with E-state index in [-0.39, 0.29) is 24.4 Å². The first-order valence-corrected chi connectivity index (χ1v) is 11.6. The van der Waals surface area contributed by atoms with Gasteiger partial charge >= 0.3 is 16.1 Å². The van der Waals surface area contributed by atoms with Gasteiger partial charge in [0.2, 0.25) is 0 Å². The lowest BCUT2D eigenvalue weighted by atomic mass is 10.1. The Balaban J connectivity index is 2.32. The number of carbonyl (C=O) groups is 1. The van der Waals surface area contributed by atoms with Crippen LogP contribution in [0, 0.1) is 13.8 Å². The van der Waals surface area contributed by atoms with Crippen molar-refractivity contribution >= 4 is 21.8 Å². The molecule has 0 aromatic heterocycles. The molecule has 0 saturated carbocycles. The van der Waals surface area contributed by atoms with Gasteiger partial charge in [-0.25, -0.2) is 4.79 Å². The highest BCUT2D eigenvalue weighted by Crippen LogP contribution is 2.30. The first-order chi connectivity index (χ1) is 14.1. The van der Waals surface area contributed by atoms with Gasteiger partial charge in [-0.1, -0.05) is 31.2 Å². The van der Waals surface area contributed by atoms with E-state index in [1.54, 1.807) is 23.1 Å². The number of ether oxygens (including phenoxy) is 1. The average molecular weight is 435 g/mol. The molecule has 0 spiro atoms. The van der Waals surface area contributed by atoms with Crippen molar-refractivity contribution in [2.24, 2.45) is 0 Å². The molecule has 0 aliphatic carbocycles. The van der Waals surface area contributed by atoms with Crippen LogP contribution in [0.1, 0.15) is 37.0 Å². The summed E-state index contributed by atoms with van der Waals surface area (Å²) in [5.41, 5.74) is 3.50. The summed E-state index contributed by atoms with van der Waals surface area (Å²) in [6.45, 7) is 8.18. The number of hydrogen-bond donors (Lipinski definition) is 1. The molecule has 2 aromatic rings. The lowest BCUT2D eigenvalue weighted by Crippen LogP contribution is -2.40. The number of anilines is 1. The normalized spacial score (nSPS) is 12.2. The fourth-order valence-corrected chi connectivity index (χ4v) is 3.54. The summed E-state index contributed by atoms with van der Waals surface area (Å²) >= 11 is 0. The van der Waals surface area contributed by atoms with Crippen molar-refractivity contribution in [1.82, 2.24) is 4.90 Å². The highest BCUT2D eigenvalue weighted by Gasteiger charge is 2.22. The minimum Gasteiger partial charge on any atom is -0.493 e. The number of hydrogen-bond acceptors (Lipinski definition) is 5. The van der Waals surface area contributed by atoms with E-state index >= 15 is 0 Å². The van der Waals surface area contributed by atoms with E-state index in [0.717, 1.165) is 35.1 Å². The van der Waals surface area contributed by atoms with Gasteiger partial charge < -0.3 is 19.1 Å². The van der Waals surface area contributed by atoms with E-state index in [2.05, 4.69) is 5.32 Å². The minimum atomic E-state index is -3.72. The SMILES string of the molecule is CCC(C)N(Cc1ccc(OC)c(OS(C)(=O)=O)c1)C(=O)Nc1c(C)cccc1C. The molecule has 30 heavy (non-hydrogen) atoms. The first-order valence-electron chi connectivity index (χ1n) is 9.76. The Bertz CT molecular complexity index is 984. The molecule has 1 unspecified atom stereocenters. The molecular formula is C22H30N2O5S. The topological polar surface area (TPSA) is 84.9 Å². The summed E-state index contributed by atoms with van der Waals surface area (Å²) in [6.07, 6.45) is 1.74. The zero-order valence-corrected chi connectivity index (χ0v) is 19.2. The predicted octanol–water partition coefficient (Wildman–Crippen LogP) is 4.48. The van der Waals surface area contributed by atoms with Crippen molar-refractivity contribution in [3.63, 3.8) is 0 Å². The number of rotatable bonds is 8. The third kappa shape index (κ3) is 6.13. The molecule has 7 nitrogen and oxygen atoms in total. The quantitative estimate of drug-likeness (QED) is 0.619. The maximum Gasteiger partial charge on any atom is 0.322 e. The van der Waals surface area contributed by atoms with Crippen LogP contribution < -0.4 is 14.2 Å². The van der Waals surface area contributed by atoms with Crippen LogP contribution >= 0.6 is 0 Å². The highest BCUT2D eigenvalue weighted by molar-refractivity contribution is 7.86. The molecule has 0 aliphatic rings. The van der Waals surface area contributed by atoms with Gasteiger partial charge in [-0.05, 0) is 56.0 Å². The summed E-state index contributed by atoms with van der Waals surface area (Å²) in [5.74, 6) is 0.399. The second kappa shape index (κ2) is 9.84. The molecule has 0 bridgehead atoms. The van der Waals surface area contributed by atoms with E-state index in [1.807, 2.05) is 45.9 Å². The molecule has 0 radical (unpaired) electrons. The van der Waals surface area contributed by atoms with Gasteiger partial charge in [-0.15, -0.1) is 0 Å². The number of para-hydroxylation sites is 1. The maximum absolute atomic E-state index is 13.1. The average Bonchev–Trinajstić information content (AvgIpc) is 2.67. The molecular weight excluding hydrogens is 404 g/mol. The van der Waals surface area contributed by atoms with E-state index in [0.29, 0.717) is 5.75 Å². The van der Waals surface area contributed by atoms with Crippen LogP contribution in [-0.4, -0.2) is 38.8 Å². The monoisotopic (exact) mass is 434 g/mol. The van der Waals surface area contributed by atoms with Crippen molar-refractivity contribution < 1.29 is 22.1 Å². The van der Waals surface area contributed by atoms with Gasteiger partial charge in [0.05, 0.1) is 13.4 Å². The molecule has 1 atom stereocenters. The van der Waals surface area contributed by atoms with E-state index in [9.17, 15) is 13.2 Å². The standard InChI is InChI=1S/C22H30N2O5S/c1-7-17(4)24(22(25)23-21-15(2)9-8-10-16(21)3)14-18-11-12-19(28-5)20(13-18)29-30(6,26)27/h8-13,17H,7,14H2,1-6H3,(H,23,25). The minimum absolute atomic E-state index is 0.0318. The largest absolute Gasteiger partial charge is 0.493 e. The van der Waals surface area contributed by atoms with Crippen LogP contribution in [0.3, 0.4) is 0 Å². The van der Waals surface area contributed by atoms with Crippen LogP contribution in [0.25, 0.3) is 0 Å². The van der Waals surface area contributed by atoms with Gasteiger partial charge in [0.1, 0.15) is 0 Å². The molecule has 0 aliphatic heterocycles. The highest BCUT2D eigenvalue weighted by atomic mass is 32.2. The van der Waals surface area contributed by atoms with Crippen LogP contribution in [0.2, 0.25) is 0 Å². The van der Waals surface area contributed by atoms with Crippen molar-refractivity contribution in [3.05, 3.63) is 53.1 Å². The number of urea groups is 1. The third-order valence-electron chi connectivity index (χ3n) is 4.92. The molecule has 2 rings (SSSR count). The number of methoxy groups -OCH3 is 1. The fourth-order valence-electron chi connectivity index (χ4n) is 3.08. The van der Waals surface area contributed by atoms with Crippen LogP contribution in [0.5, 0.6) is 11.5 Å². The third-order valence-corrected chi connectivity index (χ3v) is 5.40. The number of nitrogens with zero attached hydrogens (tertiary/aromatic N) is 1. The number of aryl methyl sites for hydroxylation is 2. The van der Waals surface area contributed by atoms with E-state index < -0.39 is 10.1 Å². The number of amides is 2. The first kappa shape index (κ1) is 23.5. The number of carbonyl (C=O) groups excluding carboxylic acids is 1. The van der Waals surface area contributed by atoms with Crippen molar-refractivity contribution in [2.75, 3.05) is 18.7 Å². The Labute approximate surface area is 179 Å². The molecule has 2 aromatic carbocycles. The predicted molar refractivity (Wildman–Crippen MR) is 119 cm³/mol. The Morgan fingerprint density at radius 3 is 2.30 bits per heavy atom. The second-order valence-electron chi connectivity index (χ2n) is 7.35. The summed E-state index contributed by atoms with van der Waals surface area (Å²) in [5, 5.41) is 3.02.